The highest BCUT2D eigenvalue weighted by Gasteiger charge is 2.34. The Kier molecular flexibility index (Phi) is 26.2. The van der Waals surface area contributed by atoms with Crippen LogP contribution in [0.4, 0.5) is 91.1 Å². The minimum Gasteiger partial charge on any atom is -0.398 e. The van der Waals surface area contributed by atoms with E-state index in [1.165, 1.54) is 112 Å². The molecule has 0 bridgehead atoms. The van der Waals surface area contributed by atoms with Gasteiger partial charge in [-0.3, -0.25) is 34.1 Å². The lowest BCUT2D eigenvalue weighted by Crippen LogP contribution is -2.29. The predicted molar refractivity (Wildman–Crippen MR) is 404 cm³/mol. The molecule has 7 aromatic carbocycles. The number of piperidine rings is 3. The summed E-state index contributed by atoms with van der Waals surface area (Å²) in [6, 6.07) is 35.5. The van der Waals surface area contributed by atoms with Crippen molar-refractivity contribution < 1.29 is 78.3 Å². The molecule has 6 heterocycles. The number of hydrogen-bond acceptors (Lipinski definition) is 16. The van der Waals surface area contributed by atoms with Crippen molar-refractivity contribution in [1.82, 2.24) is 28.7 Å². The Labute approximate surface area is 636 Å². The van der Waals surface area contributed by atoms with Crippen LogP contribution in [0.15, 0.2) is 189 Å². The number of imidazole rings is 3. The number of anilines is 8. The molecule has 112 heavy (non-hydrogen) atoms. The van der Waals surface area contributed by atoms with Gasteiger partial charge in [-0.05, 0) is 179 Å². The lowest BCUT2D eigenvalue weighted by atomic mass is 10.0. The van der Waals surface area contributed by atoms with Crippen molar-refractivity contribution >= 4 is 81.0 Å². The molecule has 0 aliphatic carbocycles. The third-order valence-corrected chi connectivity index (χ3v) is 18.6. The van der Waals surface area contributed by atoms with Crippen LogP contribution in [0.25, 0.3) is 17.1 Å². The summed E-state index contributed by atoms with van der Waals surface area (Å²) in [5.74, 6) is -2.05. The van der Waals surface area contributed by atoms with E-state index < -0.39 is 63.8 Å². The first-order chi connectivity index (χ1) is 53.6. The zero-order valence-electron chi connectivity index (χ0n) is 60.2. The lowest BCUT2D eigenvalue weighted by Gasteiger charge is -2.29. The Hall–Kier alpha value is -12.4. The van der Waals surface area contributed by atoms with Crippen LogP contribution in [-0.2, 0) is 23.3 Å². The second kappa shape index (κ2) is 36.4. The van der Waals surface area contributed by atoms with Gasteiger partial charge < -0.3 is 65.2 Å². The van der Waals surface area contributed by atoms with E-state index in [0.717, 1.165) is 144 Å². The fourth-order valence-corrected chi connectivity index (χ4v) is 12.8. The highest BCUT2D eigenvalue weighted by atomic mass is 19.4. The zero-order valence-corrected chi connectivity index (χ0v) is 60.2. The number of nitro groups is 1. The van der Waals surface area contributed by atoms with Gasteiger partial charge in [-0.2, -0.15) is 39.5 Å². The number of Topliss-reactive ketones (excluding diaryl/α,β-unsaturated/α-hetero) is 1. The second-order valence-electron chi connectivity index (χ2n) is 26.5. The molecule has 33 heteroatoms. The summed E-state index contributed by atoms with van der Waals surface area (Å²) in [4.78, 5) is 95.0. The van der Waals surface area contributed by atoms with Gasteiger partial charge in [0, 0.05) is 109 Å². The number of benzene rings is 7. The standard InChI is InChI=1S/C35H36F3N5O5.C22H20F3N5O3.C22H22F3N5O/c36-35(37,38)26-9-5-10-27(20-26)43-22-32(39-23-43)41-34(47)29-21-28(42-14-2-1-3-15-42)12-13-30(29)40-33(46)25-8-4-7-24(19-25)31(45)11-6-17-48-18-16-44;23-22(24,25)15-5-4-6-16(11-15)29-13-20(26-14-29)27-21(31)18-12-17(7-8-19(18)30(32)33)28-9-2-1-3-10-28;23-22(24,25)15-5-4-6-16(11-15)30-13-20(27-14-30)28-21(31)18-12-17(7-8-19(18)26)29-9-2-1-3-10-29/h4-5,7-10,12-13,19-23,44H,1-3,6,11,14-18H2,(H,40,46)(H,41,47);4-8,11-14H,1-3,9-10H2,(H,27,31);4-8,11-14H,1-3,9-10,26H2,(H,28,31). The van der Waals surface area contributed by atoms with Crippen molar-refractivity contribution in [3.63, 3.8) is 0 Å². The van der Waals surface area contributed by atoms with E-state index in [1.807, 2.05) is 12.1 Å². The minimum atomic E-state index is -4.51. The Morgan fingerprint density at radius 3 is 1.28 bits per heavy atom. The number of amides is 4. The number of nitrogens with zero attached hydrogens (tertiary/aromatic N) is 10. The number of aromatic nitrogens is 6. The normalized spacial score (nSPS) is 13.9. The Balaban J connectivity index is 0.000000172. The maximum absolute atomic E-state index is 13.7. The molecule has 13 rings (SSSR count). The number of nitrogens with one attached hydrogen (secondary N) is 4. The van der Waals surface area contributed by atoms with Crippen molar-refractivity contribution in [3.05, 3.63) is 244 Å². The maximum Gasteiger partial charge on any atom is 0.416 e. The molecule has 24 nitrogen and oxygen atoms in total. The van der Waals surface area contributed by atoms with Gasteiger partial charge >= 0.3 is 18.5 Å². The molecule has 3 fully saturated rings. The number of carbonyl (C=O) groups excluding carboxylic acids is 5. The molecule has 0 saturated carbocycles. The number of nitrogen functional groups attached to an aromatic ring is 1. The van der Waals surface area contributed by atoms with Crippen LogP contribution in [0.3, 0.4) is 0 Å². The third-order valence-electron chi connectivity index (χ3n) is 18.6. The van der Waals surface area contributed by atoms with Gasteiger partial charge in [0.1, 0.15) is 24.5 Å². The summed E-state index contributed by atoms with van der Waals surface area (Å²) in [6.45, 7) is 5.57. The summed E-state index contributed by atoms with van der Waals surface area (Å²) in [5.41, 5.74) is 8.00. The second-order valence-corrected chi connectivity index (χ2v) is 26.5. The fourth-order valence-electron chi connectivity index (χ4n) is 12.8. The van der Waals surface area contributed by atoms with Gasteiger partial charge in [-0.15, -0.1) is 0 Å². The highest BCUT2D eigenvalue weighted by Crippen LogP contribution is 2.36. The molecule has 0 unspecified atom stereocenters. The number of aliphatic hydroxyl groups is 1. The van der Waals surface area contributed by atoms with Crippen LogP contribution in [0.5, 0.6) is 0 Å². The first kappa shape index (κ1) is 80.6. The number of ketones is 1. The number of nitrogens with two attached hydrogens (primary N) is 1. The molecule has 4 amide bonds. The van der Waals surface area contributed by atoms with Gasteiger partial charge in [-0.25, -0.2) is 15.0 Å². The van der Waals surface area contributed by atoms with E-state index in [9.17, 15) is 73.6 Å². The molecule has 10 aromatic rings. The van der Waals surface area contributed by atoms with Crippen molar-refractivity contribution in [1.29, 1.82) is 0 Å². The Morgan fingerprint density at radius 2 is 0.839 bits per heavy atom. The van der Waals surface area contributed by atoms with Crippen molar-refractivity contribution in [2.75, 3.05) is 101 Å². The molecule has 0 atom stereocenters. The number of rotatable bonds is 22. The monoisotopic (exact) mass is 1550 g/mol. The highest BCUT2D eigenvalue weighted by molar-refractivity contribution is 6.13. The van der Waals surface area contributed by atoms with Gasteiger partial charge in [0.05, 0.1) is 70.2 Å². The number of ether oxygens (including phenoxy) is 1. The van der Waals surface area contributed by atoms with Crippen LogP contribution >= 0.6 is 0 Å². The number of carbonyl (C=O) groups is 5. The van der Waals surface area contributed by atoms with Crippen molar-refractivity contribution in [2.45, 2.75) is 89.2 Å². The Bertz CT molecular complexity index is 4980. The molecule has 0 radical (unpaired) electrons. The number of alkyl halides is 9. The Morgan fingerprint density at radius 1 is 0.446 bits per heavy atom. The first-order valence-corrected chi connectivity index (χ1v) is 35.9. The summed E-state index contributed by atoms with van der Waals surface area (Å²) < 4.78 is 127. The van der Waals surface area contributed by atoms with Gasteiger partial charge in [-0.1, -0.05) is 30.3 Å². The molecule has 3 aliphatic heterocycles. The summed E-state index contributed by atoms with van der Waals surface area (Å²) >= 11 is 0. The molecule has 3 aliphatic rings. The van der Waals surface area contributed by atoms with Crippen LogP contribution in [0.2, 0.25) is 0 Å². The van der Waals surface area contributed by atoms with E-state index in [-0.39, 0.29) is 88.0 Å². The smallest absolute Gasteiger partial charge is 0.398 e. The topological polar surface area (TPSA) is 295 Å². The molecule has 0 spiro atoms. The summed E-state index contributed by atoms with van der Waals surface area (Å²) in [6.07, 6.45) is 5.02. The van der Waals surface area contributed by atoms with E-state index in [4.69, 9.17) is 15.6 Å². The maximum atomic E-state index is 13.7. The average Bonchev–Trinajstić information content (AvgIpc) is 1.55. The quantitative estimate of drug-likeness (QED) is 0.00918. The number of aliphatic hydroxyl groups excluding tert-OH is 1. The zero-order chi connectivity index (χ0) is 79.7. The molecule has 586 valence electrons. The largest absolute Gasteiger partial charge is 0.416 e. The third kappa shape index (κ3) is 21.3. The number of hydrogen-bond donors (Lipinski definition) is 6. The molecular weight excluding hydrogens is 1470 g/mol. The lowest BCUT2D eigenvalue weighted by molar-refractivity contribution is -0.385. The van der Waals surface area contributed by atoms with Gasteiger partial charge in [0.2, 0.25) is 0 Å². The molecule has 7 N–H and O–H groups in total. The van der Waals surface area contributed by atoms with Crippen LogP contribution in [0, 0.1) is 10.1 Å². The van der Waals surface area contributed by atoms with Crippen molar-refractivity contribution in [3.8, 4) is 17.1 Å². The predicted octanol–water partition coefficient (Wildman–Crippen LogP) is 16.1. The van der Waals surface area contributed by atoms with E-state index in [1.54, 1.807) is 48.5 Å². The first-order valence-electron chi connectivity index (χ1n) is 35.9. The number of nitro benzene ring substituents is 1. The van der Waals surface area contributed by atoms with Gasteiger partial charge in [0.25, 0.3) is 29.3 Å². The van der Waals surface area contributed by atoms with Crippen LogP contribution < -0.4 is 41.7 Å². The minimum absolute atomic E-state index is 0.0510. The SMILES string of the molecule is Nc1ccc(N2CCCCC2)cc1C(=O)Nc1cn(-c2cccc(C(F)(F)F)c2)cn1.O=C(CCCOCCO)c1cccc(C(=O)Nc2ccc(N3CCCCC3)cc2C(=O)Nc2cn(-c3cccc(C(F)(F)F)c3)cn2)c1.O=C(Nc1cn(-c2cccc(C(F)(F)F)c2)cn1)c1cc(N2CCCCC2)ccc1[N+](=O)[O-]. The van der Waals surface area contributed by atoms with E-state index in [0.29, 0.717) is 29.8 Å². The summed E-state index contributed by atoms with van der Waals surface area (Å²) in [5, 5.41) is 31.0. The van der Waals surface area contributed by atoms with E-state index in [2.05, 4.69) is 50.9 Å². The van der Waals surface area contributed by atoms with Crippen LogP contribution in [-0.4, -0.2) is 127 Å². The number of halogens is 9. The average molecular weight is 1550 g/mol. The van der Waals surface area contributed by atoms with Crippen molar-refractivity contribution in [2.24, 2.45) is 0 Å². The molecular formula is C79H78F9N15O9. The molecule has 3 aromatic heterocycles. The summed E-state index contributed by atoms with van der Waals surface area (Å²) in [7, 11) is 0. The molecule has 3 saturated heterocycles. The van der Waals surface area contributed by atoms with Gasteiger partial charge in [0.15, 0.2) is 23.2 Å². The van der Waals surface area contributed by atoms with Crippen LogP contribution in [0.1, 0.15) is 139 Å². The fraction of sp³-hybridized carbons (Fsp3) is 0.291. The van der Waals surface area contributed by atoms with E-state index >= 15 is 0 Å².